The summed E-state index contributed by atoms with van der Waals surface area (Å²) in [4.78, 5) is 0. The van der Waals surface area contributed by atoms with Crippen molar-refractivity contribution < 1.29 is 4.39 Å². The predicted octanol–water partition coefficient (Wildman–Crippen LogP) is 4.94. The minimum Gasteiger partial charge on any atom is -0.303 e. The number of nitrogens with one attached hydrogen (secondary N) is 1. The van der Waals surface area contributed by atoms with Gasteiger partial charge in [-0.1, -0.05) is 49.4 Å². The molecule has 0 heterocycles. The third-order valence-electron chi connectivity index (χ3n) is 4.46. The van der Waals surface area contributed by atoms with E-state index < -0.39 is 0 Å². The van der Waals surface area contributed by atoms with E-state index in [4.69, 9.17) is 0 Å². The van der Waals surface area contributed by atoms with Crippen molar-refractivity contribution in [2.75, 3.05) is 0 Å². The van der Waals surface area contributed by atoms with Crippen molar-refractivity contribution >= 4 is 0 Å². The van der Waals surface area contributed by atoms with E-state index in [1.54, 1.807) is 12.1 Å². The molecule has 0 spiro atoms. The number of hydrogen-bond acceptors (Lipinski definition) is 1. The van der Waals surface area contributed by atoms with E-state index in [9.17, 15) is 4.39 Å². The lowest BCUT2D eigenvalue weighted by atomic mass is 9.87. The highest BCUT2D eigenvalue weighted by Crippen LogP contribution is 2.32. The van der Waals surface area contributed by atoms with Gasteiger partial charge in [-0.05, 0) is 42.9 Å². The monoisotopic (exact) mass is 283 g/mol. The Morgan fingerprint density at radius 2 is 1.90 bits per heavy atom. The average Bonchev–Trinajstić information content (AvgIpc) is 2.53. The molecule has 2 unspecified atom stereocenters. The van der Waals surface area contributed by atoms with Gasteiger partial charge >= 0.3 is 0 Å². The Balaban J connectivity index is 1.84. The summed E-state index contributed by atoms with van der Waals surface area (Å²) < 4.78 is 14.0. The highest BCUT2D eigenvalue weighted by molar-refractivity contribution is 5.32. The minimum absolute atomic E-state index is 0.0716. The Labute approximate surface area is 126 Å². The van der Waals surface area contributed by atoms with Gasteiger partial charge < -0.3 is 5.32 Å². The molecule has 0 aromatic heterocycles. The number of benzene rings is 2. The SMILES string of the molecule is CCC(NC1CCCc2ccccc21)c1ccccc1F. The zero-order valence-corrected chi connectivity index (χ0v) is 12.5. The van der Waals surface area contributed by atoms with Crippen LogP contribution in [-0.2, 0) is 6.42 Å². The average molecular weight is 283 g/mol. The van der Waals surface area contributed by atoms with Crippen LogP contribution in [0.25, 0.3) is 0 Å². The molecule has 110 valence electrons. The van der Waals surface area contributed by atoms with Crippen molar-refractivity contribution in [3.05, 3.63) is 71.0 Å². The normalized spacial score (nSPS) is 19.0. The van der Waals surface area contributed by atoms with E-state index >= 15 is 0 Å². The lowest BCUT2D eigenvalue weighted by molar-refractivity contribution is 0.385. The van der Waals surface area contributed by atoms with Gasteiger partial charge in [0, 0.05) is 17.6 Å². The van der Waals surface area contributed by atoms with Gasteiger partial charge in [-0.2, -0.15) is 0 Å². The van der Waals surface area contributed by atoms with E-state index in [0.29, 0.717) is 6.04 Å². The second-order valence-electron chi connectivity index (χ2n) is 5.79. The van der Waals surface area contributed by atoms with Gasteiger partial charge in [0.2, 0.25) is 0 Å². The van der Waals surface area contributed by atoms with Crippen molar-refractivity contribution in [3.8, 4) is 0 Å². The van der Waals surface area contributed by atoms with Gasteiger partial charge in [0.05, 0.1) is 0 Å². The van der Waals surface area contributed by atoms with Crippen LogP contribution in [0.4, 0.5) is 4.39 Å². The Hall–Kier alpha value is -1.67. The van der Waals surface area contributed by atoms with Crippen LogP contribution >= 0.6 is 0 Å². The smallest absolute Gasteiger partial charge is 0.127 e. The summed E-state index contributed by atoms with van der Waals surface area (Å²) in [6.07, 6.45) is 4.37. The first-order valence-corrected chi connectivity index (χ1v) is 7.88. The van der Waals surface area contributed by atoms with Crippen molar-refractivity contribution in [2.24, 2.45) is 0 Å². The zero-order valence-electron chi connectivity index (χ0n) is 12.5. The number of aryl methyl sites for hydroxylation is 1. The van der Waals surface area contributed by atoms with Crippen molar-refractivity contribution in [1.82, 2.24) is 5.32 Å². The largest absolute Gasteiger partial charge is 0.303 e. The minimum atomic E-state index is -0.110. The second-order valence-corrected chi connectivity index (χ2v) is 5.79. The number of halogens is 1. The molecule has 3 rings (SSSR count). The van der Waals surface area contributed by atoms with Crippen LogP contribution in [0, 0.1) is 5.82 Å². The fraction of sp³-hybridized carbons (Fsp3) is 0.368. The van der Waals surface area contributed by atoms with E-state index in [0.717, 1.165) is 24.8 Å². The molecular weight excluding hydrogens is 261 g/mol. The van der Waals surface area contributed by atoms with Crippen molar-refractivity contribution in [3.63, 3.8) is 0 Å². The molecule has 2 aromatic rings. The molecule has 0 saturated heterocycles. The first kappa shape index (κ1) is 14.3. The molecule has 0 fully saturated rings. The molecule has 2 heteroatoms. The fourth-order valence-electron chi connectivity index (χ4n) is 3.36. The standard InChI is InChI=1S/C19H22FN/c1-2-18(16-11-5-6-12-17(16)20)21-19-13-7-9-14-8-3-4-10-15(14)19/h3-6,8,10-12,18-19,21H,2,7,9,13H2,1H3. The topological polar surface area (TPSA) is 12.0 Å². The highest BCUT2D eigenvalue weighted by Gasteiger charge is 2.23. The van der Waals surface area contributed by atoms with Gasteiger partial charge in [0.15, 0.2) is 0 Å². The van der Waals surface area contributed by atoms with Crippen molar-refractivity contribution in [1.29, 1.82) is 0 Å². The molecule has 1 N–H and O–H groups in total. The van der Waals surface area contributed by atoms with Crippen LogP contribution < -0.4 is 5.32 Å². The molecule has 1 nitrogen and oxygen atoms in total. The van der Waals surface area contributed by atoms with E-state index in [1.165, 1.54) is 17.5 Å². The van der Waals surface area contributed by atoms with Gasteiger partial charge in [-0.15, -0.1) is 0 Å². The summed E-state index contributed by atoms with van der Waals surface area (Å²) in [5.41, 5.74) is 3.60. The van der Waals surface area contributed by atoms with Gasteiger partial charge in [0.25, 0.3) is 0 Å². The summed E-state index contributed by atoms with van der Waals surface area (Å²) in [5, 5.41) is 3.68. The molecule has 1 aliphatic rings. The molecule has 1 aliphatic carbocycles. The van der Waals surface area contributed by atoms with E-state index in [1.807, 2.05) is 12.1 Å². The van der Waals surface area contributed by atoms with Crippen LogP contribution in [0.2, 0.25) is 0 Å². The van der Waals surface area contributed by atoms with Crippen LogP contribution in [-0.4, -0.2) is 0 Å². The first-order chi connectivity index (χ1) is 10.3. The van der Waals surface area contributed by atoms with Crippen LogP contribution in [0.5, 0.6) is 0 Å². The van der Waals surface area contributed by atoms with Crippen LogP contribution in [0.1, 0.15) is 55.0 Å². The summed E-state index contributed by atoms with van der Waals surface area (Å²) in [6, 6.07) is 16.1. The molecule has 0 bridgehead atoms. The molecule has 0 amide bonds. The molecule has 0 aliphatic heterocycles. The molecule has 0 radical (unpaired) electrons. The summed E-state index contributed by atoms with van der Waals surface area (Å²) in [7, 11) is 0. The third-order valence-corrected chi connectivity index (χ3v) is 4.46. The molecule has 2 aromatic carbocycles. The van der Waals surface area contributed by atoms with Crippen LogP contribution in [0.3, 0.4) is 0 Å². The number of hydrogen-bond donors (Lipinski definition) is 1. The maximum atomic E-state index is 14.0. The van der Waals surface area contributed by atoms with Crippen LogP contribution in [0.15, 0.2) is 48.5 Å². The quantitative estimate of drug-likeness (QED) is 0.837. The van der Waals surface area contributed by atoms with Gasteiger partial charge in [-0.3, -0.25) is 0 Å². The Kier molecular flexibility index (Phi) is 4.35. The molecule has 21 heavy (non-hydrogen) atoms. The number of rotatable bonds is 4. The highest BCUT2D eigenvalue weighted by atomic mass is 19.1. The zero-order chi connectivity index (χ0) is 14.7. The third kappa shape index (κ3) is 3.01. The Morgan fingerprint density at radius 1 is 1.14 bits per heavy atom. The van der Waals surface area contributed by atoms with Gasteiger partial charge in [-0.25, -0.2) is 4.39 Å². The summed E-state index contributed by atoms with van der Waals surface area (Å²) in [5.74, 6) is -0.110. The molecule has 2 atom stereocenters. The molecule has 0 saturated carbocycles. The maximum Gasteiger partial charge on any atom is 0.127 e. The first-order valence-electron chi connectivity index (χ1n) is 7.88. The van der Waals surface area contributed by atoms with E-state index in [-0.39, 0.29) is 11.9 Å². The number of fused-ring (bicyclic) bond motifs is 1. The van der Waals surface area contributed by atoms with Gasteiger partial charge in [0.1, 0.15) is 5.82 Å². The summed E-state index contributed by atoms with van der Waals surface area (Å²) in [6.45, 7) is 2.11. The fourth-order valence-corrected chi connectivity index (χ4v) is 3.36. The predicted molar refractivity (Wildman–Crippen MR) is 84.7 cm³/mol. The van der Waals surface area contributed by atoms with E-state index in [2.05, 4.69) is 36.5 Å². The Morgan fingerprint density at radius 3 is 2.71 bits per heavy atom. The second kappa shape index (κ2) is 6.40. The lowest BCUT2D eigenvalue weighted by Gasteiger charge is -2.30. The lowest BCUT2D eigenvalue weighted by Crippen LogP contribution is -2.29. The maximum absolute atomic E-state index is 14.0. The van der Waals surface area contributed by atoms with Crippen molar-refractivity contribution in [2.45, 2.75) is 44.7 Å². The Bertz CT molecular complexity index is 608. The summed E-state index contributed by atoms with van der Waals surface area (Å²) >= 11 is 0. The molecular formula is C19H22FN.